The molecule has 0 unspecified atom stereocenters. The Morgan fingerprint density at radius 1 is 1.19 bits per heavy atom. The van der Waals surface area contributed by atoms with Crippen LogP contribution in [-0.2, 0) is 9.59 Å². The number of primary amides is 1. The fourth-order valence-electron chi connectivity index (χ4n) is 2.84. The van der Waals surface area contributed by atoms with Crippen molar-refractivity contribution in [2.24, 2.45) is 5.73 Å². The van der Waals surface area contributed by atoms with Gasteiger partial charge in [-0.2, -0.15) is 0 Å². The number of nitrogens with two attached hydrogens (primary N) is 1. The van der Waals surface area contributed by atoms with Gasteiger partial charge in [0, 0.05) is 5.56 Å². The molecule has 5 heteroatoms. The highest BCUT2D eigenvalue weighted by Crippen LogP contribution is 2.28. The summed E-state index contributed by atoms with van der Waals surface area (Å²) in [5.41, 5.74) is 5.80. The van der Waals surface area contributed by atoms with Crippen LogP contribution in [-0.4, -0.2) is 23.1 Å². The molecule has 1 aromatic rings. The van der Waals surface area contributed by atoms with E-state index in [0.29, 0.717) is 18.4 Å². The fourth-order valence-corrected chi connectivity index (χ4v) is 2.84. The lowest BCUT2D eigenvalue weighted by atomic mass is 9.81. The van der Waals surface area contributed by atoms with Gasteiger partial charge in [0.1, 0.15) is 11.3 Å². The van der Waals surface area contributed by atoms with E-state index in [2.05, 4.69) is 5.32 Å². The van der Waals surface area contributed by atoms with E-state index in [-0.39, 0.29) is 5.71 Å². The fraction of sp³-hybridized carbons (Fsp3) is 0.438. The second-order valence-electron chi connectivity index (χ2n) is 5.65. The Kier molecular flexibility index (Phi) is 4.40. The van der Waals surface area contributed by atoms with E-state index in [4.69, 9.17) is 11.1 Å². The molecule has 5 nitrogen and oxygen atoms in total. The first-order chi connectivity index (χ1) is 9.96. The molecule has 1 saturated carbocycles. The average Bonchev–Trinajstić information content (AvgIpc) is 2.47. The molecule has 0 saturated heterocycles. The zero-order valence-corrected chi connectivity index (χ0v) is 12.2. The molecule has 4 N–H and O–H groups in total. The first kappa shape index (κ1) is 15.2. The van der Waals surface area contributed by atoms with Crippen LogP contribution in [0.2, 0.25) is 0 Å². The molecule has 0 aromatic heterocycles. The molecule has 0 atom stereocenters. The van der Waals surface area contributed by atoms with Crippen molar-refractivity contribution in [2.45, 2.75) is 44.6 Å². The Morgan fingerprint density at radius 3 is 2.38 bits per heavy atom. The van der Waals surface area contributed by atoms with Crippen LogP contribution in [0.4, 0.5) is 0 Å². The lowest BCUT2D eigenvalue weighted by molar-refractivity contribution is -0.130. The first-order valence-corrected chi connectivity index (χ1v) is 7.23. The van der Waals surface area contributed by atoms with Crippen LogP contribution >= 0.6 is 0 Å². The molecule has 2 amide bonds. The molecule has 1 aliphatic rings. The zero-order valence-electron chi connectivity index (χ0n) is 12.2. The minimum Gasteiger partial charge on any atom is -0.368 e. The van der Waals surface area contributed by atoms with Gasteiger partial charge in [0.2, 0.25) is 5.91 Å². The number of rotatable bonds is 4. The predicted octanol–water partition coefficient (Wildman–Crippen LogP) is 1.67. The quantitative estimate of drug-likeness (QED) is 0.734. The summed E-state index contributed by atoms with van der Waals surface area (Å²) in [5.74, 6) is -1.04. The maximum absolute atomic E-state index is 12.3. The van der Waals surface area contributed by atoms with E-state index in [1.165, 1.54) is 0 Å². The Labute approximate surface area is 124 Å². The molecule has 1 aromatic carbocycles. The Hall–Kier alpha value is -2.17. The molecule has 2 rings (SSSR count). The first-order valence-electron chi connectivity index (χ1n) is 7.23. The predicted molar refractivity (Wildman–Crippen MR) is 81.2 cm³/mol. The number of nitrogens with one attached hydrogen (secondary N) is 2. The average molecular weight is 287 g/mol. The van der Waals surface area contributed by atoms with Crippen molar-refractivity contribution in [1.82, 2.24) is 5.32 Å². The summed E-state index contributed by atoms with van der Waals surface area (Å²) in [6, 6.07) is 7.22. The number of carbonyl (C=O) groups excluding carboxylic acids is 2. The molecule has 1 fully saturated rings. The van der Waals surface area contributed by atoms with Crippen LogP contribution in [0.25, 0.3) is 0 Å². The van der Waals surface area contributed by atoms with Gasteiger partial charge in [-0.05, 0) is 25.3 Å². The van der Waals surface area contributed by atoms with E-state index in [0.717, 1.165) is 24.8 Å². The van der Waals surface area contributed by atoms with Crippen molar-refractivity contribution in [1.29, 1.82) is 5.41 Å². The topological polar surface area (TPSA) is 96.0 Å². The molecule has 0 radical (unpaired) electrons. The summed E-state index contributed by atoms with van der Waals surface area (Å²) < 4.78 is 0. The Bertz CT molecular complexity index is 575. The highest BCUT2D eigenvalue weighted by Gasteiger charge is 2.39. The molecular weight excluding hydrogens is 266 g/mol. The lowest BCUT2D eigenvalue weighted by Crippen LogP contribution is -2.59. The standard InChI is InChI=1S/C16H21N3O2/c1-11-7-3-4-8-12(11)13(17)14(20)19-16(15(18)21)9-5-2-6-10-16/h3-4,7-8,17H,2,5-6,9-10H2,1H3,(H2,18,21)(H,19,20). The van der Waals surface area contributed by atoms with Gasteiger partial charge in [-0.3, -0.25) is 15.0 Å². The van der Waals surface area contributed by atoms with Crippen LogP contribution < -0.4 is 11.1 Å². The van der Waals surface area contributed by atoms with Crippen LogP contribution in [0.3, 0.4) is 0 Å². The monoisotopic (exact) mass is 287 g/mol. The maximum atomic E-state index is 12.3. The van der Waals surface area contributed by atoms with Gasteiger partial charge in [-0.15, -0.1) is 0 Å². The van der Waals surface area contributed by atoms with Gasteiger partial charge in [0.25, 0.3) is 5.91 Å². The van der Waals surface area contributed by atoms with E-state index in [1.807, 2.05) is 19.1 Å². The third kappa shape index (κ3) is 3.12. The zero-order chi connectivity index (χ0) is 15.5. The number of hydrogen-bond acceptors (Lipinski definition) is 3. The third-order valence-electron chi connectivity index (χ3n) is 4.17. The summed E-state index contributed by atoms with van der Waals surface area (Å²) in [6.07, 6.45) is 3.87. The highest BCUT2D eigenvalue weighted by atomic mass is 16.2. The minimum absolute atomic E-state index is 0.126. The minimum atomic E-state index is -0.996. The van der Waals surface area contributed by atoms with Crippen molar-refractivity contribution in [3.63, 3.8) is 0 Å². The highest BCUT2D eigenvalue weighted by molar-refractivity contribution is 6.44. The van der Waals surface area contributed by atoms with Crippen molar-refractivity contribution in [3.8, 4) is 0 Å². The molecular formula is C16H21N3O2. The molecule has 0 bridgehead atoms. The summed E-state index contributed by atoms with van der Waals surface area (Å²) in [7, 11) is 0. The summed E-state index contributed by atoms with van der Waals surface area (Å²) >= 11 is 0. The molecule has 21 heavy (non-hydrogen) atoms. The van der Waals surface area contributed by atoms with Crippen LogP contribution in [0.5, 0.6) is 0 Å². The number of benzene rings is 1. The van der Waals surface area contributed by atoms with E-state index in [9.17, 15) is 9.59 Å². The lowest BCUT2D eigenvalue weighted by Gasteiger charge is -2.35. The smallest absolute Gasteiger partial charge is 0.270 e. The van der Waals surface area contributed by atoms with E-state index in [1.54, 1.807) is 12.1 Å². The van der Waals surface area contributed by atoms with Gasteiger partial charge in [-0.1, -0.05) is 43.5 Å². The maximum Gasteiger partial charge on any atom is 0.270 e. The number of carbonyl (C=O) groups is 2. The Balaban J connectivity index is 2.18. The number of hydrogen-bond donors (Lipinski definition) is 3. The molecule has 0 heterocycles. The summed E-state index contributed by atoms with van der Waals surface area (Å²) in [6.45, 7) is 1.85. The summed E-state index contributed by atoms with van der Waals surface area (Å²) in [5, 5.41) is 10.8. The van der Waals surface area contributed by atoms with Crippen molar-refractivity contribution >= 4 is 17.5 Å². The second-order valence-corrected chi connectivity index (χ2v) is 5.65. The van der Waals surface area contributed by atoms with Gasteiger partial charge in [-0.25, -0.2) is 0 Å². The van der Waals surface area contributed by atoms with Gasteiger partial charge < -0.3 is 11.1 Å². The molecule has 0 spiro atoms. The summed E-state index contributed by atoms with van der Waals surface area (Å²) in [4.78, 5) is 24.1. The normalized spacial score (nSPS) is 17.0. The van der Waals surface area contributed by atoms with Crippen LogP contribution in [0.15, 0.2) is 24.3 Å². The van der Waals surface area contributed by atoms with Crippen molar-refractivity contribution in [2.75, 3.05) is 0 Å². The van der Waals surface area contributed by atoms with Crippen molar-refractivity contribution in [3.05, 3.63) is 35.4 Å². The molecule has 0 aliphatic heterocycles. The number of amides is 2. The molecule has 112 valence electrons. The van der Waals surface area contributed by atoms with Crippen LogP contribution in [0.1, 0.15) is 43.2 Å². The van der Waals surface area contributed by atoms with Crippen LogP contribution in [0, 0.1) is 12.3 Å². The largest absolute Gasteiger partial charge is 0.368 e. The Morgan fingerprint density at radius 2 is 1.81 bits per heavy atom. The van der Waals surface area contributed by atoms with Crippen molar-refractivity contribution < 1.29 is 9.59 Å². The van der Waals surface area contributed by atoms with E-state index >= 15 is 0 Å². The SMILES string of the molecule is Cc1ccccc1C(=N)C(=O)NC1(C(N)=O)CCCCC1. The third-order valence-corrected chi connectivity index (χ3v) is 4.17. The number of aryl methyl sites for hydroxylation is 1. The van der Waals surface area contributed by atoms with Gasteiger partial charge in [0.05, 0.1) is 0 Å². The van der Waals surface area contributed by atoms with Gasteiger partial charge >= 0.3 is 0 Å². The van der Waals surface area contributed by atoms with Gasteiger partial charge in [0.15, 0.2) is 0 Å². The molecule has 1 aliphatic carbocycles. The van der Waals surface area contributed by atoms with E-state index < -0.39 is 17.4 Å². The second kappa shape index (κ2) is 6.08.